The lowest BCUT2D eigenvalue weighted by atomic mass is 10.1. The van der Waals surface area contributed by atoms with Crippen molar-refractivity contribution in [1.82, 2.24) is 9.88 Å². The molecule has 1 aromatic carbocycles. The number of fused-ring (bicyclic) bond motifs is 1. The van der Waals surface area contributed by atoms with Gasteiger partial charge in [-0.2, -0.15) is 0 Å². The van der Waals surface area contributed by atoms with Crippen LogP contribution < -0.4 is 0 Å². The molecule has 1 radical (unpaired) electrons. The molecular formula is C19H21N2S. The molecule has 2 aromatic heterocycles. The standard InChI is InChI=1S/C19H21N2S/c1-2-10-21(9-1)11-3-4-18-13-17(14-22-18)15-5-6-19-16(12-15)7-8-20-19/h3,5-8,12-14,20H,1-2,4,9-11H2. The van der Waals surface area contributed by atoms with E-state index < -0.39 is 0 Å². The maximum absolute atomic E-state index is 3.25. The van der Waals surface area contributed by atoms with Gasteiger partial charge in [0.25, 0.3) is 0 Å². The number of benzene rings is 1. The number of likely N-dealkylation sites (tertiary alicyclic amines) is 1. The molecule has 0 saturated carbocycles. The third-order valence-corrected chi connectivity index (χ3v) is 5.43. The van der Waals surface area contributed by atoms with Crippen LogP contribution in [0.1, 0.15) is 17.7 Å². The van der Waals surface area contributed by atoms with Gasteiger partial charge in [-0.25, -0.2) is 0 Å². The highest BCUT2D eigenvalue weighted by atomic mass is 32.1. The maximum Gasteiger partial charge on any atom is 0.0454 e. The van der Waals surface area contributed by atoms with E-state index in [0.717, 1.165) is 13.0 Å². The Morgan fingerprint density at radius 3 is 2.91 bits per heavy atom. The Kier molecular flexibility index (Phi) is 4.00. The summed E-state index contributed by atoms with van der Waals surface area (Å²) < 4.78 is 0. The normalized spacial score (nSPS) is 15.8. The molecule has 4 rings (SSSR count). The molecule has 0 aliphatic carbocycles. The van der Waals surface area contributed by atoms with Gasteiger partial charge >= 0.3 is 0 Å². The van der Waals surface area contributed by atoms with E-state index in [9.17, 15) is 0 Å². The summed E-state index contributed by atoms with van der Waals surface area (Å²) in [5.74, 6) is 0. The highest BCUT2D eigenvalue weighted by Gasteiger charge is 2.11. The summed E-state index contributed by atoms with van der Waals surface area (Å²) in [4.78, 5) is 7.26. The first-order chi connectivity index (χ1) is 10.9. The summed E-state index contributed by atoms with van der Waals surface area (Å²) in [5.41, 5.74) is 3.87. The van der Waals surface area contributed by atoms with Gasteiger partial charge in [0.15, 0.2) is 0 Å². The van der Waals surface area contributed by atoms with Crippen LogP contribution >= 0.6 is 11.3 Å². The van der Waals surface area contributed by atoms with Crippen molar-refractivity contribution in [2.24, 2.45) is 0 Å². The van der Waals surface area contributed by atoms with E-state index in [4.69, 9.17) is 0 Å². The van der Waals surface area contributed by atoms with Gasteiger partial charge in [0.05, 0.1) is 0 Å². The Bertz CT molecular complexity index is 749. The Morgan fingerprint density at radius 2 is 2.00 bits per heavy atom. The van der Waals surface area contributed by atoms with Crippen molar-refractivity contribution < 1.29 is 0 Å². The summed E-state index contributed by atoms with van der Waals surface area (Å²) in [6.45, 7) is 3.70. The average molecular weight is 309 g/mol. The zero-order chi connectivity index (χ0) is 14.8. The number of H-pyrrole nitrogens is 1. The van der Waals surface area contributed by atoms with E-state index in [2.05, 4.69) is 52.0 Å². The van der Waals surface area contributed by atoms with E-state index in [1.807, 2.05) is 17.5 Å². The van der Waals surface area contributed by atoms with Crippen LogP contribution in [0.15, 0.2) is 41.9 Å². The smallest absolute Gasteiger partial charge is 0.0454 e. The van der Waals surface area contributed by atoms with Crippen molar-refractivity contribution in [2.75, 3.05) is 19.6 Å². The minimum absolute atomic E-state index is 1.09. The molecule has 1 fully saturated rings. The summed E-state index contributed by atoms with van der Waals surface area (Å²) in [7, 11) is 0. The molecule has 1 saturated heterocycles. The van der Waals surface area contributed by atoms with Crippen molar-refractivity contribution in [3.05, 3.63) is 53.2 Å². The van der Waals surface area contributed by atoms with Gasteiger partial charge in [-0.05, 0) is 84.9 Å². The number of hydrogen-bond donors (Lipinski definition) is 1. The first kappa shape index (κ1) is 14.0. The lowest BCUT2D eigenvalue weighted by Gasteiger charge is -2.13. The number of hydrogen-bond acceptors (Lipinski definition) is 2. The van der Waals surface area contributed by atoms with E-state index in [1.54, 1.807) is 0 Å². The first-order valence-corrected chi connectivity index (χ1v) is 8.95. The molecule has 0 atom stereocenters. The van der Waals surface area contributed by atoms with Crippen molar-refractivity contribution in [3.8, 4) is 11.1 Å². The van der Waals surface area contributed by atoms with Crippen molar-refractivity contribution >= 4 is 22.2 Å². The predicted molar refractivity (Wildman–Crippen MR) is 95.3 cm³/mol. The number of aromatic amines is 1. The van der Waals surface area contributed by atoms with E-state index in [1.165, 1.54) is 52.8 Å². The largest absolute Gasteiger partial charge is 0.361 e. The Morgan fingerprint density at radius 1 is 1.09 bits per heavy atom. The quantitative estimate of drug-likeness (QED) is 0.721. The van der Waals surface area contributed by atoms with Crippen molar-refractivity contribution in [2.45, 2.75) is 19.3 Å². The van der Waals surface area contributed by atoms with Gasteiger partial charge in [0.2, 0.25) is 0 Å². The van der Waals surface area contributed by atoms with E-state index >= 15 is 0 Å². The Balaban J connectivity index is 1.41. The zero-order valence-electron chi connectivity index (χ0n) is 12.7. The van der Waals surface area contributed by atoms with Crippen LogP contribution in [-0.2, 0) is 6.42 Å². The van der Waals surface area contributed by atoms with E-state index in [-0.39, 0.29) is 0 Å². The Hall–Kier alpha value is -1.58. The Labute approximate surface area is 135 Å². The molecule has 0 bridgehead atoms. The molecule has 1 N–H and O–H groups in total. The molecule has 3 aromatic rings. The lowest BCUT2D eigenvalue weighted by molar-refractivity contribution is 0.364. The molecule has 113 valence electrons. The SMILES string of the molecule is [CH](Cc1cc(-c2ccc3[nH]ccc3c2)cs1)CN1CCCC1. The highest BCUT2D eigenvalue weighted by Crippen LogP contribution is 2.28. The molecule has 1 aliphatic heterocycles. The number of nitrogens with one attached hydrogen (secondary N) is 1. The number of thiophene rings is 1. The van der Waals surface area contributed by atoms with Crippen molar-refractivity contribution in [3.63, 3.8) is 0 Å². The number of aromatic nitrogens is 1. The van der Waals surface area contributed by atoms with Gasteiger partial charge in [-0.1, -0.05) is 6.07 Å². The monoisotopic (exact) mass is 309 g/mol. The molecular weight excluding hydrogens is 288 g/mol. The number of nitrogens with zero attached hydrogens (tertiary/aromatic N) is 1. The second kappa shape index (κ2) is 6.27. The van der Waals surface area contributed by atoms with Crippen LogP contribution in [0.5, 0.6) is 0 Å². The van der Waals surface area contributed by atoms with Crippen LogP contribution in [0.2, 0.25) is 0 Å². The van der Waals surface area contributed by atoms with Crippen molar-refractivity contribution in [1.29, 1.82) is 0 Å². The van der Waals surface area contributed by atoms with Crippen LogP contribution in [0.3, 0.4) is 0 Å². The highest BCUT2D eigenvalue weighted by molar-refractivity contribution is 7.10. The molecule has 3 heterocycles. The van der Waals surface area contributed by atoms with E-state index in [0.29, 0.717) is 0 Å². The minimum atomic E-state index is 1.09. The molecule has 0 amide bonds. The summed E-state index contributed by atoms with van der Waals surface area (Å²) in [6.07, 6.45) is 8.27. The van der Waals surface area contributed by atoms with Crippen LogP contribution in [0.4, 0.5) is 0 Å². The molecule has 1 aliphatic rings. The van der Waals surface area contributed by atoms with Gasteiger partial charge in [0, 0.05) is 23.1 Å². The minimum Gasteiger partial charge on any atom is -0.361 e. The molecule has 2 nitrogen and oxygen atoms in total. The predicted octanol–water partition coefficient (Wildman–Crippen LogP) is 4.74. The third kappa shape index (κ3) is 2.96. The molecule has 0 spiro atoms. The van der Waals surface area contributed by atoms with Crippen LogP contribution in [0, 0.1) is 6.42 Å². The number of rotatable bonds is 5. The van der Waals surface area contributed by atoms with Crippen LogP contribution in [-0.4, -0.2) is 29.5 Å². The lowest BCUT2D eigenvalue weighted by Crippen LogP contribution is -2.21. The fourth-order valence-corrected chi connectivity index (χ4v) is 4.12. The third-order valence-electron chi connectivity index (χ3n) is 4.47. The van der Waals surface area contributed by atoms with Crippen LogP contribution in [0.25, 0.3) is 22.0 Å². The molecule has 3 heteroatoms. The fourth-order valence-electron chi connectivity index (χ4n) is 3.23. The van der Waals surface area contributed by atoms with Gasteiger partial charge in [0.1, 0.15) is 0 Å². The van der Waals surface area contributed by atoms with Gasteiger partial charge < -0.3 is 9.88 Å². The summed E-state index contributed by atoms with van der Waals surface area (Å²) in [6, 6.07) is 11.1. The first-order valence-electron chi connectivity index (χ1n) is 8.07. The van der Waals surface area contributed by atoms with Gasteiger partial charge in [-0.3, -0.25) is 0 Å². The summed E-state index contributed by atoms with van der Waals surface area (Å²) in [5, 5.41) is 3.57. The molecule has 22 heavy (non-hydrogen) atoms. The zero-order valence-corrected chi connectivity index (χ0v) is 13.5. The molecule has 0 unspecified atom stereocenters. The summed E-state index contributed by atoms with van der Waals surface area (Å²) >= 11 is 1.88. The second-order valence-electron chi connectivity index (χ2n) is 6.08. The van der Waals surface area contributed by atoms with Gasteiger partial charge in [-0.15, -0.1) is 11.3 Å². The topological polar surface area (TPSA) is 19.0 Å². The second-order valence-corrected chi connectivity index (χ2v) is 7.08. The maximum atomic E-state index is 3.25. The fraction of sp³-hybridized carbons (Fsp3) is 0.316. The average Bonchev–Trinajstić information content (AvgIpc) is 3.28.